The van der Waals surface area contributed by atoms with E-state index in [0.29, 0.717) is 10.1 Å². The first-order valence-corrected chi connectivity index (χ1v) is 10.2. The van der Waals surface area contributed by atoms with Crippen molar-refractivity contribution in [1.82, 2.24) is 4.90 Å². The van der Waals surface area contributed by atoms with Crippen LogP contribution in [-0.4, -0.2) is 29.4 Å². The predicted molar refractivity (Wildman–Crippen MR) is 111 cm³/mol. The largest absolute Gasteiger partial charge is 0.350 e. The molecule has 1 aliphatic heterocycles. The summed E-state index contributed by atoms with van der Waals surface area (Å²) in [4.78, 5) is 14.6. The Morgan fingerprint density at radius 2 is 2.00 bits per heavy atom. The molecule has 150 valence electrons. The van der Waals surface area contributed by atoms with Gasteiger partial charge in [-0.2, -0.15) is 0 Å². The Balaban J connectivity index is 1.93. The molecular weight excluding hydrogens is 482 g/mol. The maximum atomic E-state index is 14.5. The summed E-state index contributed by atoms with van der Waals surface area (Å²) in [6, 6.07) is 6.15. The average molecular weight is 503 g/mol. The van der Waals surface area contributed by atoms with Gasteiger partial charge in [0.2, 0.25) is 0 Å². The van der Waals surface area contributed by atoms with Gasteiger partial charge in [-0.25, -0.2) is 13.2 Å². The van der Waals surface area contributed by atoms with Crippen LogP contribution in [0.15, 0.2) is 30.3 Å². The van der Waals surface area contributed by atoms with E-state index in [4.69, 9.17) is 5.73 Å². The number of anilines is 2. The Morgan fingerprint density at radius 3 is 2.64 bits per heavy atom. The smallest absolute Gasteiger partial charge is 0.256 e. The molecule has 2 aromatic carbocycles. The molecule has 0 bridgehead atoms. The fraction of sp³-hybridized carbons (Fsp3) is 0.350. The fourth-order valence-corrected chi connectivity index (χ4v) is 3.78. The van der Waals surface area contributed by atoms with Gasteiger partial charge in [-0.05, 0) is 59.3 Å². The molecule has 1 saturated heterocycles. The van der Waals surface area contributed by atoms with Gasteiger partial charge in [0.1, 0.15) is 5.82 Å². The number of carbonyl (C=O) groups is 1. The molecule has 1 aliphatic rings. The molecule has 0 aliphatic carbocycles. The van der Waals surface area contributed by atoms with E-state index in [-0.39, 0.29) is 29.0 Å². The third-order valence-corrected chi connectivity index (χ3v) is 5.60. The number of nitrogens with two attached hydrogens (primary N) is 1. The first kappa shape index (κ1) is 20.9. The molecule has 1 amide bonds. The number of likely N-dealkylation sites (tertiary alicyclic amines) is 1. The van der Waals surface area contributed by atoms with Gasteiger partial charge in [0.25, 0.3) is 5.91 Å². The number of nitrogens with zero attached hydrogens (tertiary/aromatic N) is 1. The van der Waals surface area contributed by atoms with Crippen molar-refractivity contribution in [2.75, 3.05) is 11.9 Å². The first-order valence-electron chi connectivity index (χ1n) is 9.10. The molecule has 2 atom stereocenters. The first-order chi connectivity index (χ1) is 13.3. The average Bonchev–Trinajstić information content (AvgIpc) is 2.65. The number of amides is 1. The van der Waals surface area contributed by atoms with E-state index in [0.717, 1.165) is 25.3 Å². The fourth-order valence-electron chi connectivity index (χ4n) is 3.33. The van der Waals surface area contributed by atoms with Gasteiger partial charge in [0, 0.05) is 22.2 Å². The molecule has 2 aromatic rings. The Kier molecular flexibility index (Phi) is 6.49. The summed E-state index contributed by atoms with van der Waals surface area (Å²) in [6.45, 7) is 2.40. The van der Waals surface area contributed by atoms with Crippen molar-refractivity contribution in [1.29, 1.82) is 0 Å². The van der Waals surface area contributed by atoms with Crippen molar-refractivity contribution in [2.24, 2.45) is 5.73 Å². The highest BCUT2D eigenvalue weighted by molar-refractivity contribution is 14.1. The minimum absolute atomic E-state index is 0.0400. The van der Waals surface area contributed by atoms with Crippen LogP contribution in [0.4, 0.5) is 24.5 Å². The molecular formula is C20H21F3IN3O. The maximum absolute atomic E-state index is 14.5. The molecule has 3 N–H and O–H groups in total. The van der Waals surface area contributed by atoms with Gasteiger partial charge in [-0.1, -0.05) is 19.8 Å². The van der Waals surface area contributed by atoms with E-state index in [1.165, 1.54) is 18.2 Å². The van der Waals surface area contributed by atoms with E-state index >= 15 is 0 Å². The van der Waals surface area contributed by atoms with Crippen LogP contribution in [0.1, 0.15) is 36.5 Å². The van der Waals surface area contributed by atoms with Gasteiger partial charge >= 0.3 is 0 Å². The second-order valence-electron chi connectivity index (χ2n) is 6.86. The number of hydrogen-bond acceptors (Lipinski definition) is 3. The normalized spacial score (nSPS) is 18.7. The highest BCUT2D eigenvalue weighted by Crippen LogP contribution is 2.32. The van der Waals surface area contributed by atoms with Gasteiger partial charge in [0.05, 0.1) is 16.9 Å². The molecule has 0 spiro atoms. The molecule has 0 radical (unpaired) electrons. The van der Waals surface area contributed by atoms with Crippen LogP contribution in [0.25, 0.3) is 0 Å². The van der Waals surface area contributed by atoms with E-state index in [9.17, 15) is 18.0 Å². The summed E-state index contributed by atoms with van der Waals surface area (Å²) in [5.74, 6) is -3.41. The van der Waals surface area contributed by atoms with Gasteiger partial charge in [-0.15, -0.1) is 0 Å². The number of nitrogens with one attached hydrogen (secondary N) is 1. The molecule has 0 saturated carbocycles. The van der Waals surface area contributed by atoms with Gasteiger partial charge in [0.15, 0.2) is 11.6 Å². The minimum atomic E-state index is -1.22. The second-order valence-corrected chi connectivity index (χ2v) is 8.11. The molecule has 3 rings (SSSR count). The Bertz CT molecular complexity index is 893. The van der Waals surface area contributed by atoms with Crippen molar-refractivity contribution in [3.8, 4) is 0 Å². The zero-order valence-corrected chi connectivity index (χ0v) is 17.5. The van der Waals surface area contributed by atoms with Crippen molar-refractivity contribution in [3.63, 3.8) is 0 Å². The van der Waals surface area contributed by atoms with Crippen molar-refractivity contribution < 1.29 is 18.0 Å². The summed E-state index contributed by atoms with van der Waals surface area (Å²) in [5.41, 5.74) is 5.56. The number of carbonyl (C=O) groups excluding carboxylic acids is 1. The van der Waals surface area contributed by atoms with Crippen molar-refractivity contribution in [2.45, 2.75) is 38.3 Å². The molecule has 28 heavy (non-hydrogen) atoms. The molecule has 4 nitrogen and oxygen atoms in total. The van der Waals surface area contributed by atoms with Gasteiger partial charge < -0.3 is 16.0 Å². The number of rotatable bonds is 6. The quantitative estimate of drug-likeness (QED) is 0.558. The van der Waals surface area contributed by atoms with Crippen LogP contribution in [-0.2, 0) is 0 Å². The SMILES string of the molecule is CCCCC1C(N)CN1C(=O)c1ccc(F)c(F)c1Nc1ccc(I)cc1F. The molecule has 0 aromatic heterocycles. The van der Waals surface area contributed by atoms with Crippen LogP contribution in [0, 0.1) is 21.0 Å². The molecule has 1 heterocycles. The third kappa shape index (κ3) is 4.12. The lowest BCUT2D eigenvalue weighted by molar-refractivity contribution is 0.0343. The van der Waals surface area contributed by atoms with Crippen LogP contribution in [0.5, 0.6) is 0 Å². The Hall–Kier alpha value is -1.81. The molecule has 8 heteroatoms. The zero-order chi connectivity index (χ0) is 20.4. The summed E-state index contributed by atoms with van der Waals surface area (Å²) in [7, 11) is 0. The highest BCUT2D eigenvalue weighted by Gasteiger charge is 2.40. The number of halogens is 4. The van der Waals surface area contributed by atoms with Crippen LogP contribution in [0.3, 0.4) is 0 Å². The molecule has 1 fully saturated rings. The van der Waals surface area contributed by atoms with E-state index in [1.54, 1.807) is 11.0 Å². The predicted octanol–water partition coefficient (Wildman–Crippen LogP) is 4.79. The van der Waals surface area contributed by atoms with E-state index in [2.05, 4.69) is 5.32 Å². The van der Waals surface area contributed by atoms with Crippen LogP contribution in [0.2, 0.25) is 0 Å². The monoisotopic (exact) mass is 503 g/mol. The minimum Gasteiger partial charge on any atom is -0.350 e. The van der Waals surface area contributed by atoms with Crippen LogP contribution < -0.4 is 11.1 Å². The summed E-state index contributed by atoms with van der Waals surface area (Å²) < 4.78 is 43.2. The van der Waals surface area contributed by atoms with E-state index in [1.807, 2.05) is 29.5 Å². The van der Waals surface area contributed by atoms with Crippen molar-refractivity contribution >= 4 is 39.9 Å². The molecule has 2 unspecified atom stereocenters. The standard InChI is InChI=1S/C20H21F3IN3O/c1-2-3-4-17-15(25)10-27(17)20(28)12-6-7-13(21)18(23)19(12)26-16-8-5-11(24)9-14(16)22/h5-9,15,17,26H,2-4,10,25H2,1H3. The van der Waals surface area contributed by atoms with Crippen LogP contribution >= 0.6 is 22.6 Å². The summed E-state index contributed by atoms with van der Waals surface area (Å²) >= 11 is 1.94. The number of benzene rings is 2. The lowest BCUT2D eigenvalue weighted by atomic mass is 9.91. The maximum Gasteiger partial charge on any atom is 0.256 e. The summed E-state index contributed by atoms with van der Waals surface area (Å²) in [6.07, 6.45) is 2.63. The second kappa shape index (κ2) is 8.69. The lowest BCUT2D eigenvalue weighted by Gasteiger charge is -2.46. The summed E-state index contributed by atoms with van der Waals surface area (Å²) in [5, 5.41) is 2.56. The number of unbranched alkanes of at least 4 members (excludes halogenated alkanes) is 1. The van der Waals surface area contributed by atoms with E-state index < -0.39 is 23.4 Å². The van der Waals surface area contributed by atoms with Crippen molar-refractivity contribution in [3.05, 3.63) is 56.9 Å². The highest BCUT2D eigenvalue weighted by atomic mass is 127. The Morgan fingerprint density at radius 1 is 1.25 bits per heavy atom. The lowest BCUT2D eigenvalue weighted by Crippen LogP contribution is -2.65. The van der Waals surface area contributed by atoms with Gasteiger partial charge in [-0.3, -0.25) is 4.79 Å². The third-order valence-electron chi connectivity index (χ3n) is 4.93. The zero-order valence-electron chi connectivity index (χ0n) is 15.3. The Labute approximate surface area is 175 Å². The topological polar surface area (TPSA) is 58.4 Å². The number of hydrogen-bond donors (Lipinski definition) is 2.